The van der Waals surface area contributed by atoms with Crippen molar-refractivity contribution >= 4 is 23.5 Å². The summed E-state index contributed by atoms with van der Waals surface area (Å²) in [6.07, 6.45) is 0. The van der Waals surface area contributed by atoms with Gasteiger partial charge >= 0.3 is 6.03 Å². The molecule has 1 atom stereocenters. The molecule has 0 radical (unpaired) electrons. The summed E-state index contributed by atoms with van der Waals surface area (Å²) in [6.45, 7) is 4.96. The molecule has 2 aromatic carbocycles. The lowest BCUT2D eigenvalue weighted by Crippen LogP contribution is -2.42. The number of urea groups is 1. The minimum Gasteiger partial charge on any atom is -0.320 e. The van der Waals surface area contributed by atoms with Crippen molar-refractivity contribution in [1.82, 2.24) is 10.2 Å². The molecule has 1 heterocycles. The van der Waals surface area contributed by atoms with Crippen molar-refractivity contribution in [2.75, 3.05) is 11.9 Å². The molecule has 0 unspecified atom stereocenters. The van der Waals surface area contributed by atoms with Gasteiger partial charge in [-0.15, -0.1) is 0 Å². The Morgan fingerprint density at radius 1 is 1.10 bits per heavy atom. The second kappa shape index (κ2) is 7.62. The number of halogens is 2. The van der Waals surface area contributed by atoms with Crippen LogP contribution in [0.1, 0.15) is 37.8 Å². The van der Waals surface area contributed by atoms with E-state index in [1.807, 2.05) is 26.0 Å². The molecular weight excluding hydrogens is 380 g/mol. The Balaban J connectivity index is 1.77. The van der Waals surface area contributed by atoms with Gasteiger partial charge in [0.2, 0.25) is 5.91 Å². The normalized spacial score (nSPS) is 18.9. The molecule has 3 rings (SSSR count). The van der Waals surface area contributed by atoms with Crippen LogP contribution in [0.15, 0.2) is 42.5 Å². The predicted molar refractivity (Wildman–Crippen MR) is 103 cm³/mol. The maximum atomic E-state index is 13.7. The zero-order chi connectivity index (χ0) is 21.3. The molecule has 1 aliphatic rings. The van der Waals surface area contributed by atoms with Gasteiger partial charge in [-0.1, -0.05) is 44.2 Å². The van der Waals surface area contributed by atoms with Crippen LogP contribution in [0.3, 0.4) is 0 Å². The van der Waals surface area contributed by atoms with Crippen molar-refractivity contribution in [3.8, 4) is 0 Å². The summed E-state index contributed by atoms with van der Waals surface area (Å²) < 4.78 is 27.4. The number of hydrogen-bond donors (Lipinski definition) is 2. The number of imide groups is 1. The van der Waals surface area contributed by atoms with E-state index in [1.54, 1.807) is 19.1 Å². The lowest BCUT2D eigenvalue weighted by molar-refractivity contribution is -0.133. The van der Waals surface area contributed by atoms with E-state index in [0.29, 0.717) is 11.5 Å². The molecule has 1 fully saturated rings. The zero-order valence-corrected chi connectivity index (χ0v) is 16.3. The highest BCUT2D eigenvalue weighted by molar-refractivity contribution is 6.10. The highest BCUT2D eigenvalue weighted by Crippen LogP contribution is 2.30. The van der Waals surface area contributed by atoms with Crippen LogP contribution in [0.4, 0.5) is 19.3 Å². The summed E-state index contributed by atoms with van der Waals surface area (Å²) in [5, 5.41) is 4.67. The Morgan fingerprint density at radius 3 is 2.24 bits per heavy atom. The van der Waals surface area contributed by atoms with E-state index in [4.69, 9.17) is 0 Å². The number of carbonyl (C=O) groups excluding carboxylic acids is 3. The van der Waals surface area contributed by atoms with E-state index in [2.05, 4.69) is 10.6 Å². The van der Waals surface area contributed by atoms with Crippen molar-refractivity contribution in [1.29, 1.82) is 0 Å². The third kappa shape index (κ3) is 3.83. The first-order valence-corrected chi connectivity index (χ1v) is 9.12. The number of rotatable bonds is 5. The van der Waals surface area contributed by atoms with E-state index in [9.17, 15) is 23.2 Å². The van der Waals surface area contributed by atoms with Gasteiger partial charge in [0.25, 0.3) is 5.91 Å². The number of para-hydroxylation sites is 1. The molecule has 2 N–H and O–H groups in total. The standard InChI is InChI=1S/C21H21F2N3O3/c1-12(2)13-7-9-14(10-8-13)21(3)19(28)26(20(29)25-21)11-17(27)24-18-15(22)5-4-6-16(18)23/h4-10,12H,11H2,1-3H3,(H,24,27)(H,25,29)/t21-/m0/s1. The van der Waals surface area contributed by atoms with Crippen molar-refractivity contribution in [2.45, 2.75) is 32.2 Å². The first kappa shape index (κ1) is 20.4. The number of benzene rings is 2. The molecule has 8 heteroatoms. The second-order valence-corrected chi connectivity index (χ2v) is 7.37. The highest BCUT2D eigenvalue weighted by atomic mass is 19.1. The van der Waals surface area contributed by atoms with Crippen LogP contribution in [-0.2, 0) is 15.1 Å². The number of hydrogen-bond acceptors (Lipinski definition) is 3. The third-order valence-electron chi connectivity index (χ3n) is 4.96. The molecule has 1 saturated heterocycles. The van der Waals surface area contributed by atoms with Gasteiger partial charge in [-0.05, 0) is 36.1 Å². The Bertz CT molecular complexity index is 955. The van der Waals surface area contributed by atoms with E-state index < -0.39 is 47.3 Å². The van der Waals surface area contributed by atoms with Crippen LogP contribution in [0.2, 0.25) is 0 Å². The van der Waals surface area contributed by atoms with E-state index in [1.165, 1.54) is 0 Å². The van der Waals surface area contributed by atoms with Crippen LogP contribution in [0.25, 0.3) is 0 Å². The number of nitrogens with one attached hydrogen (secondary N) is 2. The molecular formula is C21H21F2N3O3. The number of amides is 4. The van der Waals surface area contributed by atoms with Crippen molar-refractivity contribution in [2.24, 2.45) is 0 Å². The number of anilines is 1. The smallest absolute Gasteiger partial charge is 0.320 e. The summed E-state index contributed by atoms with van der Waals surface area (Å²) >= 11 is 0. The maximum absolute atomic E-state index is 13.7. The van der Waals surface area contributed by atoms with Gasteiger partial charge in [-0.25, -0.2) is 13.6 Å². The molecule has 1 aliphatic heterocycles. The average molecular weight is 401 g/mol. The Morgan fingerprint density at radius 2 is 1.69 bits per heavy atom. The fraction of sp³-hybridized carbons (Fsp3) is 0.286. The van der Waals surface area contributed by atoms with Crippen molar-refractivity contribution < 1.29 is 23.2 Å². The Kier molecular flexibility index (Phi) is 5.37. The molecule has 0 saturated carbocycles. The fourth-order valence-corrected chi connectivity index (χ4v) is 3.18. The van der Waals surface area contributed by atoms with Gasteiger partial charge in [-0.2, -0.15) is 0 Å². The van der Waals surface area contributed by atoms with Crippen molar-refractivity contribution in [3.05, 3.63) is 65.2 Å². The van der Waals surface area contributed by atoms with Crippen LogP contribution >= 0.6 is 0 Å². The van der Waals surface area contributed by atoms with Gasteiger partial charge < -0.3 is 10.6 Å². The summed E-state index contributed by atoms with van der Waals surface area (Å²) in [7, 11) is 0. The maximum Gasteiger partial charge on any atom is 0.325 e. The summed E-state index contributed by atoms with van der Waals surface area (Å²) in [5.74, 6) is -3.11. The quantitative estimate of drug-likeness (QED) is 0.753. The van der Waals surface area contributed by atoms with Gasteiger partial charge in [-0.3, -0.25) is 14.5 Å². The average Bonchev–Trinajstić information content (AvgIpc) is 2.89. The highest BCUT2D eigenvalue weighted by Gasteiger charge is 2.49. The van der Waals surface area contributed by atoms with Crippen LogP contribution < -0.4 is 10.6 Å². The van der Waals surface area contributed by atoms with Gasteiger partial charge in [0.1, 0.15) is 29.4 Å². The molecule has 0 aliphatic carbocycles. The molecule has 6 nitrogen and oxygen atoms in total. The minimum atomic E-state index is -1.34. The molecule has 2 aromatic rings. The second-order valence-electron chi connectivity index (χ2n) is 7.37. The first-order chi connectivity index (χ1) is 13.6. The lowest BCUT2D eigenvalue weighted by atomic mass is 9.90. The largest absolute Gasteiger partial charge is 0.325 e. The fourth-order valence-electron chi connectivity index (χ4n) is 3.18. The Labute approximate surface area is 166 Å². The lowest BCUT2D eigenvalue weighted by Gasteiger charge is -2.22. The van der Waals surface area contributed by atoms with Crippen LogP contribution in [0.5, 0.6) is 0 Å². The third-order valence-corrected chi connectivity index (χ3v) is 4.96. The molecule has 4 amide bonds. The number of nitrogens with zero attached hydrogens (tertiary/aromatic N) is 1. The van der Waals surface area contributed by atoms with Crippen molar-refractivity contribution in [3.63, 3.8) is 0 Å². The van der Waals surface area contributed by atoms with Gasteiger partial charge in [0.15, 0.2) is 0 Å². The summed E-state index contributed by atoms with van der Waals surface area (Å²) in [6, 6.07) is 9.65. The molecule has 29 heavy (non-hydrogen) atoms. The Hall–Kier alpha value is -3.29. The summed E-state index contributed by atoms with van der Waals surface area (Å²) in [5.41, 5.74) is -0.312. The SMILES string of the molecule is CC(C)c1ccc([C@]2(C)NC(=O)N(CC(=O)Nc3c(F)cccc3F)C2=O)cc1. The van der Waals surface area contributed by atoms with Crippen LogP contribution in [0, 0.1) is 11.6 Å². The zero-order valence-electron chi connectivity index (χ0n) is 16.3. The molecule has 0 spiro atoms. The first-order valence-electron chi connectivity index (χ1n) is 9.12. The molecule has 0 aromatic heterocycles. The monoisotopic (exact) mass is 401 g/mol. The van der Waals surface area contributed by atoms with Gasteiger partial charge in [0.05, 0.1) is 0 Å². The van der Waals surface area contributed by atoms with E-state index in [0.717, 1.165) is 28.7 Å². The van der Waals surface area contributed by atoms with Gasteiger partial charge in [0, 0.05) is 0 Å². The van der Waals surface area contributed by atoms with E-state index in [-0.39, 0.29) is 0 Å². The van der Waals surface area contributed by atoms with Crippen LogP contribution in [-0.4, -0.2) is 29.3 Å². The predicted octanol–water partition coefficient (Wildman–Crippen LogP) is 3.49. The number of carbonyl (C=O) groups is 3. The summed E-state index contributed by atoms with van der Waals surface area (Å²) in [4.78, 5) is 38.2. The van der Waals surface area contributed by atoms with E-state index >= 15 is 0 Å². The molecule has 152 valence electrons. The topological polar surface area (TPSA) is 78.5 Å². The molecule has 0 bridgehead atoms. The minimum absolute atomic E-state index is 0.310.